The van der Waals surface area contributed by atoms with Crippen LogP contribution in [-0.4, -0.2) is 50.2 Å². The first-order chi connectivity index (χ1) is 11.2. The lowest BCUT2D eigenvalue weighted by atomic mass is 10.1. The molecule has 2 rings (SSSR count). The van der Waals surface area contributed by atoms with Gasteiger partial charge in [0, 0.05) is 0 Å². The molecule has 3 N–H and O–H groups in total. The summed E-state index contributed by atoms with van der Waals surface area (Å²) in [5.74, 6) is -0.250. The molecule has 1 aliphatic rings. The monoisotopic (exact) mass is 339 g/mol. The molecule has 1 aliphatic heterocycles. The molecule has 1 saturated heterocycles. The Labute approximate surface area is 141 Å². The predicted octanol–water partition coefficient (Wildman–Crippen LogP) is 0.319. The standard InChI is InChI=1S/C16H23FN4OS/c1-2-15(13-3-5-14(17)6-4-13)19-20-16(23)18-7-8-21-9-11-22-12-10-21/h3-6H,2,7-12H2,1H3,(H2,18,20,23)/p+1/b19-15-. The van der Waals surface area contributed by atoms with Crippen molar-refractivity contribution in [3.05, 3.63) is 35.6 Å². The lowest BCUT2D eigenvalue weighted by molar-refractivity contribution is -0.906. The van der Waals surface area contributed by atoms with Crippen molar-refractivity contribution in [3.8, 4) is 0 Å². The largest absolute Gasteiger partial charge is 0.370 e. The highest BCUT2D eigenvalue weighted by atomic mass is 32.1. The van der Waals surface area contributed by atoms with Crippen LogP contribution in [0, 0.1) is 5.82 Å². The van der Waals surface area contributed by atoms with E-state index < -0.39 is 0 Å². The molecule has 0 aromatic heterocycles. The number of nitrogens with zero attached hydrogens (tertiary/aromatic N) is 1. The Kier molecular flexibility index (Phi) is 7.38. The molecule has 1 aromatic carbocycles. The minimum atomic E-state index is -0.250. The zero-order valence-corrected chi connectivity index (χ0v) is 14.2. The topological polar surface area (TPSA) is 50.1 Å². The number of ether oxygens (including phenoxy) is 1. The van der Waals surface area contributed by atoms with E-state index in [-0.39, 0.29) is 5.82 Å². The smallest absolute Gasteiger partial charge is 0.187 e. The van der Waals surface area contributed by atoms with Crippen LogP contribution < -0.4 is 15.6 Å². The highest BCUT2D eigenvalue weighted by Gasteiger charge is 2.12. The quantitative estimate of drug-likeness (QED) is 0.397. The van der Waals surface area contributed by atoms with Gasteiger partial charge in [0.15, 0.2) is 5.11 Å². The van der Waals surface area contributed by atoms with Crippen molar-refractivity contribution in [1.82, 2.24) is 10.7 Å². The summed E-state index contributed by atoms with van der Waals surface area (Å²) in [6, 6.07) is 6.31. The molecule has 126 valence electrons. The van der Waals surface area contributed by atoms with Crippen molar-refractivity contribution in [2.45, 2.75) is 13.3 Å². The summed E-state index contributed by atoms with van der Waals surface area (Å²) in [4.78, 5) is 1.52. The van der Waals surface area contributed by atoms with Gasteiger partial charge in [0.25, 0.3) is 0 Å². The summed E-state index contributed by atoms with van der Waals surface area (Å²) < 4.78 is 18.3. The van der Waals surface area contributed by atoms with Crippen LogP contribution in [-0.2, 0) is 4.74 Å². The number of rotatable bonds is 6. The summed E-state index contributed by atoms with van der Waals surface area (Å²) >= 11 is 5.23. The van der Waals surface area contributed by atoms with Crippen molar-refractivity contribution < 1.29 is 14.0 Å². The first-order valence-corrected chi connectivity index (χ1v) is 8.37. The van der Waals surface area contributed by atoms with Crippen LogP contribution in [0.2, 0.25) is 0 Å². The number of nitrogens with one attached hydrogen (secondary N) is 3. The first kappa shape index (κ1) is 17.8. The predicted molar refractivity (Wildman–Crippen MR) is 93.3 cm³/mol. The molecule has 0 unspecified atom stereocenters. The third kappa shape index (κ3) is 6.21. The maximum atomic E-state index is 13.0. The van der Waals surface area contributed by atoms with Crippen LogP contribution in [0.5, 0.6) is 0 Å². The summed E-state index contributed by atoms with van der Waals surface area (Å²) in [6.45, 7) is 7.57. The highest BCUT2D eigenvalue weighted by Crippen LogP contribution is 2.06. The van der Waals surface area contributed by atoms with Crippen LogP contribution in [0.25, 0.3) is 0 Å². The van der Waals surface area contributed by atoms with Crippen molar-refractivity contribution in [2.24, 2.45) is 5.10 Å². The van der Waals surface area contributed by atoms with Gasteiger partial charge in [-0.3, -0.25) is 5.43 Å². The fourth-order valence-electron chi connectivity index (χ4n) is 2.41. The fraction of sp³-hybridized carbons (Fsp3) is 0.500. The van der Waals surface area contributed by atoms with E-state index in [0.29, 0.717) is 5.11 Å². The van der Waals surface area contributed by atoms with Crippen LogP contribution in [0.4, 0.5) is 4.39 Å². The minimum Gasteiger partial charge on any atom is -0.370 e. The fourth-order valence-corrected chi connectivity index (χ4v) is 2.56. The molecule has 23 heavy (non-hydrogen) atoms. The Morgan fingerprint density at radius 3 is 2.65 bits per heavy atom. The molecule has 0 saturated carbocycles. The van der Waals surface area contributed by atoms with Gasteiger partial charge in [-0.15, -0.1) is 0 Å². The number of hydrazone groups is 1. The molecule has 1 heterocycles. The maximum absolute atomic E-state index is 13.0. The number of benzene rings is 1. The number of thiocarbonyl (C=S) groups is 1. The van der Waals surface area contributed by atoms with Gasteiger partial charge in [-0.05, 0) is 36.3 Å². The maximum Gasteiger partial charge on any atom is 0.187 e. The highest BCUT2D eigenvalue weighted by molar-refractivity contribution is 7.80. The molecule has 0 bridgehead atoms. The van der Waals surface area contributed by atoms with Gasteiger partial charge in [-0.2, -0.15) is 5.10 Å². The summed E-state index contributed by atoms with van der Waals surface area (Å²) in [5.41, 5.74) is 4.60. The van der Waals surface area contributed by atoms with Crippen molar-refractivity contribution >= 4 is 23.0 Å². The average Bonchev–Trinajstić information content (AvgIpc) is 2.58. The molecule has 0 aliphatic carbocycles. The van der Waals surface area contributed by atoms with E-state index in [2.05, 4.69) is 15.8 Å². The zero-order valence-electron chi connectivity index (χ0n) is 13.4. The van der Waals surface area contributed by atoms with E-state index in [9.17, 15) is 4.39 Å². The number of morpholine rings is 1. The number of hydrogen-bond donors (Lipinski definition) is 3. The molecule has 1 fully saturated rings. The van der Waals surface area contributed by atoms with Gasteiger partial charge in [-0.1, -0.05) is 19.1 Å². The Bertz CT molecular complexity index is 529. The Morgan fingerprint density at radius 1 is 1.30 bits per heavy atom. The summed E-state index contributed by atoms with van der Waals surface area (Å²) in [6.07, 6.45) is 0.735. The van der Waals surface area contributed by atoms with E-state index >= 15 is 0 Å². The second-order valence-corrected chi connectivity index (χ2v) is 5.81. The lowest BCUT2D eigenvalue weighted by Crippen LogP contribution is -3.14. The third-order valence-electron chi connectivity index (χ3n) is 3.77. The number of quaternary nitrogens is 1. The van der Waals surface area contributed by atoms with Gasteiger partial charge >= 0.3 is 0 Å². The van der Waals surface area contributed by atoms with E-state index in [0.717, 1.165) is 57.1 Å². The molecule has 0 atom stereocenters. The number of hydrogen-bond acceptors (Lipinski definition) is 3. The Morgan fingerprint density at radius 2 is 2.00 bits per heavy atom. The van der Waals surface area contributed by atoms with Crippen molar-refractivity contribution in [3.63, 3.8) is 0 Å². The van der Waals surface area contributed by atoms with Crippen LogP contribution in [0.15, 0.2) is 29.4 Å². The molecular weight excluding hydrogens is 315 g/mol. The van der Waals surface area contributed by atoms with Gasteiger partial charge in [-0.25, -0.2) is 4.39 Å². The minimum absolute atomic E-state index is 0.250. The molecular formula is C16H24FN4OS+. The molecule has 1 aromatic rings. The molecule has 0 amide bonds. The molecule has 7 heteroatoms. The Hall–Kier alpha value is -1.57. The second kappa shape index (κ2) is 9.54. The Balaban J connectivity index is 1.75. The van der Waals surface area contributed by atoms with Crippen LogP contribution in [0.1, 0.15) is 18.9 Å². The van der Waals surface area contributed by atoms with Gasteiger partial charge in [0.1, 0.15) is 18.9 Å². The molecule has 0 radical (unpaired) electrons. The van der Waals surface area contributed by atoms with E-state index in [4.69, 9.17) is 17.0 Å². The van der Waals surface area contributed by atoms with Gasteiger partial charge < -0.3 is 15.0 Å². The van der Waals surface area contributed by atoms with Crippen LogP contribution >= 0.6 is 12.2 Å². The van der Waals surface area contributed by atoms with E-state index in [1.807, 2.05) is 6.92 Å². The summed E-state index contributed by atoms with van der Waals surface area (Å²) in [5, 5.41) is 7.99. The zero-order chi connectivity index (χ0) is 16.5. The SMILES string of the molecule is CC/C(=N/NC(=S)NCC[NH+]1CCOCC1)c1ccc(F)cc1. The molecule has 0 spiro atoms. The third-order valence-corrected chi connectivity index (χ3v) is 4.00. The lowest BCUT2D eigenvalue weighted by Gasteiger charge is -2.23. The van der Waals surface area contributed by atoms with Crippen molar-refractivity contribution in [1.29, 1.82) is 0 Å². The van der Waals surface area contributed by atoms with Gasteiger partial charge in [0.05, 0.1) is 32.0 Å². The van der Waals surface area contributed by atoms with Crippen LogP contribution in [0.3, 0.4) is 0 Å². The van der Waals surface area contributed by atoms with Crippen molar-refractivity contribution in [2.75, 3.05) is 39.4 Å². The number of halogens is 1. The van der Waals surface area contributed by atoms with E-state index in [1.165, 1.54) is 17.0 Å². The first-order valence-electron chi connectivity index (χ1n) is 7.96. The van der Waals surface area contributed by atoms with E-state index in [1.54, 1.807) is 12.1 Å². The summed E-state index contributed by atoms with van der Waals surface area (Å²) in [7, 11) is 0. The van der Waals surface area contributed by atoms with Gasteiger partial charge in [0.2, 0.25) is 0 Å². The second-order valence-electron chi connectivity index (χ2n) is 5.40. The average molecular weight is 339 g/mol. The normalized spacial score (nSPS) is 16.2. The molecule has 5 nitrogen and oxygen atoms in total.